The zero-order valence-electron chi connectivity index (χ0n) is 7.87. The van der Waals surface area contributed by atoms with Gasteiger partial charge in [0.1, 0.15) is 24.3 Å². The monoisotopic (exact) mass is 203 g/mol. The van der Waals surface area contributed by atoms with Gasteiger partial charge in [-0.05, 0) is 6.07 Å². The van der Waals surface area contributed by atoms with E-state index in [4.69, 9.17) is 21.1 Å². The molecular formula is C9H9N5O. The summed E-state index contributed by atoms with van der Waals surface area (Å²) in [7, 11) is 0. The second-order valence-electron chi connectivity index (χ2n) is 3.03. The van der Waals surface area contributed by atoms with Crippen molar-refractivity contribution in [1.29, 1.82) is 10.7 Å². The van der Waals surface area contributed by atoms with E-state index >= 15 is 0 Å². The molecule has 0 radical (unpaired) electrons. The number of nitrogens with zero attached hydrogens (tertiary/aromatic N) is 2. The first kappa shape index (κ1) is 9.27. The molecule has 1 aliphatic heterocycles. The number of aromatic nitrogens is 1. The van der Waals surface area contributed by atoms with Crippen LogP contribution < -0.4 is 11.1 Å². The lowest BCUT2D eigenvalue weighted by atomic mass is 10.2. The lowest BCUT2D eigenvalue weighted by molar-refractivity contribution is 0.322. The molecule has 0 bridgehead atoms. The number of anilines is 2. The van der Waals surface area contributed by atoms with Gasteiger partial charge in [-0.3, -0.25) is 5.41 Å². The highest BCUT2D eigenvalue weighted by atomic mass is 16.5. The van der Waals surface area contributed by atoms with Crippen LogP contribution in [0.25, 0.3) is 0 Å². The highest BCUT2D eigenvalue weighted by Gasteiger charge is 2.17. The molecule has 76 valence electrons. The number of rotatable bonds is 0. The SMILES string of the molecule is N#Cc1cc2c(nc1N)NCCOC2=N. The molecule has 0 amide bonds. The number of hydrogen-bond donors (Lipinski definition) is 3. The third kappa shape index (κ3) is 1.55. The number of nitrogen functional groups attached to an aromatic ring is 1. The van der Waals surface area contributed by atoms with Crippen molar-refractivity contribution in [2.24, 2.45) is 0 Å². The van der Waals surface area contributed by atoms with Crippen LogP contribution in [0.15, 0.2) is 6.07 Å². The van der Waals surface area contributed by atoms with Crippen LogP contribution in [0, 0.1) is 16.7 Å². The van der Waals surface area contributed by atoms with Crippen LogP contribution in [-0.4, -0.2) is 24.0 Å². The van der Waals surface area contributed by atoms with Crippen LogP contribution in [0.3, 0.4) is 0 Å². The van der Waals surface area contributed by atoms with E-state index in [1.165, 1.54) is 6.07 Å². The molecule has 15 heavy (non-hydrogen) atoms. The summed E-state index contributed by atoms with van der Waals surface area (Å²) in [6.07, 6.45) is 0. The predicted molar refractivity (Wildman–Crippen MR) is 54.6 cm³/mol. The molecule has 2 heterocycles. The predicted octanol–water partition coefficient (Wildman–Crippen LogP) is 0.303. The molecule has 0 aliphatic carbocycles. The number of nitrogens with one attached hydrogen (secondary N) is 2. The fourth-order valence-corrected chi connectivity index (χ4v) is 1.33. The number of pyridine rings is 1. The molecule has 0 fully saturated rings. The summed E-state index contributed by atoms with van der Waals surface area (Å²) in [5.41, 5.74) is 6.29. The Bertz CT molecular complexity index is 462. The fourth-order valence-electron chi connectivity index (χ4n) is 1.33. The Kier molecular flexibility index (Phi) is 2.14. The van der Waals surface area contributed by atoms with Gasteiger partial charge in [0.05, 0.1) is 17.7 Å². The second kappa shape index (κ2) is 3.46. The molecule has 2 rings (SSSR count). The Morgan fingerprint density at radius 3 is 3.20 bits per heavy atom. The van der Waals surface area contributed by atoms with Gasteiger partial charge in [0.2, 0.25) is 5.90 Å². The summed E-state index contributed by atoms with van der Waals surface area (Å²) >= 11 is 0. The minimum absolute atomic E-state index is 0.0130. The van der Waals surface area contributed by atoms with Crippen molar-refractivity contribution in [2.45, 2.75) is 0 Å². The van der Waals surface area contributed by atoms with Gasteiger partial charge < -0.3 is 15.8 Å². The molecular weight excluding hydrogens is 194 g/mol. The average Bonchev–Trinajstić information content (AvgIpc) is 2.40. The molecule has 1 aromatic rings. The average molecular weight is 203 g/mol. The maximum Gasteiger partial charge on any atom is 0.217 e. The Morgan fingerprint density at radius 2 is 2.47 bits per heavy atom. The van der Waals surface area contributed by atoms with Gasteiger partial charge in [-0.15, -0.1) is 0 Å². The molecule has 0 saturated carbocycles. The lowest BCUT2D eigenvalue weighted by Crippen LogP contribution is -2.07. The number of nitriles is 1. The van der Waals surface area contributed by atoms with Crippen LogP contribution in [0.1, 0.15) is 11.1 Å². The quantitative estimate of drug-likeness (QED) is 0.562. The smallest absolute Gasteiger partial charge is 0.217 e. The topological polar surface area (TPSA) is 108 Å². The van der Waals surface area contributed by atoms with Crippen molar-refractivity contribution in [2.75, 3.05) is 24.2 Å². The standard InChI is InChI=1S/C9H9N5O/c10-4-5-3-6-8(12)15-2-1-13-9(6)14-7(5)11/h3,12H,1-2H2,(H3,11,13,14). The van der Waals surface area contributed by atoms with Crippen LogP contribution in [-0.2, 0) is 4.74 Å². The van der Waals surface area contributed by atoms with Crippen molar-refractivity contribution < 1.29 is 4.74 Å². The summed E-state index contributed by atoms with van der Waals surface area (Å²) in [6, 6.07) is 3.43. The van der Waals surface area contributed by atoms with Crippen molar-refractivity contribution in [3.05, 3.63) is 17.2 Å². The molecule has 4 N–H and O–H groups in total. The van der Waals surface area contributed by atoms with Crippen LogP contribution in [0.5, 0.6) is 0 Å². The Balaban J connectivity index is 2.58. The van der Waals surface area contributed by atoms with Gasteiger partial charge in [0, 0.05) is 0 Å². The zero-order chi connectivity index (χ0) is 10.8. The maximum absolute atomic E-state index is 8.77. The summed E-state index contributed by atoms with van der Waals surface area (Å²) in [4.78, 5) is 4.02. The first-order valence-electron chi connectivity index (χ1n) is 4.38. The third-order valence-electron chi connectivity index (χ3n) is 2.06. The number of ether oxygens (including phenoxy) is 1. The number of nitrogens with two attached hydrogens (primary N) is 1. The van der Waals surface area contributed by atoms with Crippen LogP contribution >= 0.6 is 0 Å². The highest BCUT2D eigenvalue weighted by molar-refractivity contribution is 5.97. The Labute approximate surface area is 86.2 Å². The van der Waals surface area contributed by atoms with Crippen LogP contribution in [0.4, 0.5) is 11.6 Å². The van der Waals surface area contributed by atoms with E-state index in [0.29, 0.717) is 24.5 Å². The molecule has 0 atom stereocenters. The summed E-state index contributed by atoms with van der Waals surface area (Å²) < 4.78 is 5.10. The molecule has 6 heteroatoms. The molecule has 0 unspecified atom stereocenters. The van der Waals surface area contributed by atoms with Crippen molar-refractivity contribution in [3.8, 4) is 6.07 Å². The molecule has 0 spiro atoms. The zero-order valence-corrected chi connectivity index (χ0v) is 7.87. The number of hydrogen-bond acceptors (Lipinski definition) is 6. The van der Waals surface area contributed by atoms with Gasteiger partial charge in [-0.2, -0.15) is 5.26 Å². The Hall–Kier alpha value is -2.29. The van der Waals surface area contributed by atoms with Gasteiger partial charge in [-0.1, -0.05) is 0 Å². The molecule has 6 nitrogen and oxygen atoms in total. The van der Waals surface area contributed by atoms with E-state index in [9.17, 15) is 0 Å². The Morgan fingerprint density at radius 1 is 1.67 bits per heavy atom. The highest BCUT2D eigenvalue weighted by Crippen LogP contribution is 2.21. The van der Waals surface area contributed by atoms with E-state index in [0.717, 1.165) is 0 Å². The maximum atomic E-state index is 8.77. The minimum atomic E-state index is 0.0130. The summed E-state index contributed by atoms with van der Waals surface area (Å²) in [6.45, 7) is 0.963. The van der Waals surface area contributed by atoms with E-state index in [2.05, 4.69) is 10.3 Å². The first-order valence-corrected chi connectivity index (χ1v) is 4.38. The molecule has 0 saturated heterocycles. The van der Waals surface area contributed by atoms with Crippen molar-refractivity contribution in [1.82, 2.24) is 4.98 Å². The van der Waals surface area contributed by atoms with Gasteiger partial charge in [-0.25, -0.2) is 4.98 Å². The van der Waals surface area contributed by atoms with E-state index < -0.39 is 0 Å². The minimum Gasteiger partial charge on any atom is -0.476 e. The third-order valence-corrected chi connectivity index (χ3v) is 2.06. The van der Waals surface area contributed by atoms with Gasteiger partial charge >= 0.3 is 0 Å². The summed E-state index contributed by atoms with van der Waals surface area (Å²) in [5, 5.41) is 19.4. The largest absolute Gasteiger partial charge is 0.476 e. The van der Waals surface area contributed by atoms with Crippen LogP contribution in [0.2, 0.25) is 0 Å². The van der Waals surface area contributed by atoms with Crippen molar-refractivity contribution >= 4 is 17.5 Å². The van der Waals surface area contributed by atoms with Crippen molar-refractivity contribution in [3.63, 3.8) is 0 Å². The van der Waals surface area contributed by atoms with Gasteiger partial charge in [0.15, 0.2) is 0 Å². The fraction of sp³-hybridized carbons (Fsp3) is 0.222. The van der Waals surface area contributed by atoms with E-state index in [1.54, 1.807) is 0 Å². The number of fused-ring (bicyclic) bond motifs is 1. The van der Waals surface area contributed by atoms with Gasteiger partial charge in [0.25, 0.3) is 0 Å². The molecule has 0 aromatic carbocycles. The normalized spacial score (nSPS) is 14.2. The first-order chi connectivity index (χ1) is 7.22. The molecule has 1 aromatic heterocycles. The summed E-state index contributed by atoms with van der Waals surface area (Å²) in [5.74, 6) is 0.673. The van der Waals surface area contributed by atoms with E-state index in [-0.39, 0.29) is 17.3 Å². The van der Waals surface area contributed by atoms with E-state index in [1.807, 2.05) is 6.07 Å². The molecule has 1 aliphatic rings. The second-order valence-corrected chi connectivity index (χ2v) is 3.03. The lowest BCUT2D eigenvalue weighted by Gasteiger charge is -2.07.